The monoisotopic (exact) mass is 201 g/mol. The molecular weight excluding hydrogens is 190 g/mol. The van der Waals surface area contributed by atoms with Crippen LogP contribution in [-0.4, -0.2) is 11.2 Å². The minimum atomic E-state index is 1.03. The van der Waals surface area contributed by atoms with E-state index in [0.29, 0.717) is 0 Å². The summed E-state index contributed by atoms with van der Waals surface area (Å²) in [5.41, 5.74) is 2.20. The zero-order valence-corrected chi connectivity index (χ0v) is 8.79. The molecule has 0 radical (unpaired) electrons. The topological polar surface area (TPSA) is 12.9 Å². The second-order valence-electron chi connectivity index (χ2n) is 2.95. The van der Waals surface area contributed by atoms with E-state index in [1.54, 1.807) is 11.8 Å². The Morgan fingerprint density at radius 1 is 1.00 bits per heavy atom. The van der Waals surface area contributed by atoms with E-state index in [2.05, 4.69) is 35.5 Å². The van der Waals surface area contributed by atoms with Gasteiger partial charge in [0.25, 0.3) is 0 Å². The standard InChI is InChI=1S/C12H11NS/c1-14-11-7-8-12(13-9-11)10-5-3-2-4-6-10/h2-9H,1H3. The molecule has 0 atom stereocenters. The van der Waals surface area contributed by atoms with Gasteiger partial charge < -0.3 is 0 Å². The molecule has 0 amide bonds. The van der Waals surface area contributed by atoms with Gasteiger partial charge in [0.15, 0.2) is 0 Å². The maximum absolute atomic E-state index is 4.40. The summed E-state index contributed by atoms with van der Waals surface area (Å²) in [4.78, 5) is 5.60. The van der Waals surface area contributed by atoms with Crippen LogP contribution in [-0.2, 0) is 0 Å². The number of hydrogen-bond acceptors (Lipinski definition) is 2. The zero-order chi connectivity index (χ0) is 9.80. The molecule has 0 fully saturated rings. The lowest BCUT2D eigenvalue weighted by Crippen LogP contribution is -1.82. The Balaban J connectivity index is 2.34. The number of rotatable bonds is 2. The molecule has 1 aromatic carbocycles. The Labute approximate surface area is 88.2 Å². The van der Waals surface area contributed by atoms with E-state index in [0.717, 1.165) is 5.69 Å². The molecule has 0 N–H and O–H groups in total. The number of aromatic nitrogens is 1. The first-order valence-electron chi connectivity index (χ1n) is 4.45. The SMILES string of the molecule is CSc1ccc(-c2ccccc2)nc1. The van der Waals surface area contributed by atoms with Crippen molar-refractivity contribution in [3.05, 3.63) is 48.7 Å². The number of nitrogens with zero attached hydrogens (tertiary/aromatic N) is 1. The average Bonchev–Trinajstić information content (AvgIpc) is 2.30. The van der Waals surface area contributed by atoms with Gasteiger partial charge in [0.2, 0.25) is 0 Å². The third-order valence-corrected chi connectivity index (χ3v) is 2.75. The zero-order valence-electron chi connectivity index (χ0n) is 7.97. The lowest BCUT2D eigenvalue weighted by Gasteiger charge is -2.00. The lowest BCUT2D eigenvalue weighted by molar-refractivity contribution is 1.24. The Bertz CT molecular complexity index is 394. The van der Waals surface area contributed by atoms with E-state index in [4.69, 9.17) is 0 Å². The summed E-state index contributed by atoms with van der Waals surface area (Å²) in [6.07, 6.45) is 3.96. The van der Waals surface area contributed by atoms with Gasteiger partial charge in [-0.05, 0) is 18.4 Å². The molecule has 2 rings (SSSR count). The number of thioether (sulfide) groups is 1. The predicted molar refractivity (Wildman–Crippen MR) is 61.5 cm³/mol. The molecule has 0 unspecified atom stereocenters. The Morgan fingerprint density at radius 2 is 1.79 bits per heavy atom. The molecule has 2 aromatic rings. The minimum absolute atomic E-state index is 1.03. The van der Waals surface area contributed by atoms with Gasteiger partial charge in [0.1, 0.15) is 0 Å². The smallest absolute Gasteiger partial charge is 0.0702 e. The summed E-state index contributed by atoms with van der Waals surface area (Å²) in [5.74, 6) is 0. The highest BCUT2D eigenvalue weighted by Crippen LogP contribution is 2.19. The average molecular weight is 201 g/mol. The van der Waals surface area contributed by atoms with Crippen LogP contribution in [0, 0.1) is 0 Å². The number of pyridine rings is 1. The minimum Gasteiger partial charge on any atom is -0.255 e. The molecular formula is C12H11NS. The highest BCUT2D eigenvalue weighted by Gasteiger charge is 1.97. The van der Waals surface area contributed by atoms with Gasteiger partial charge in [0, 0.05) is 16.7 Å². The fraction of sp³-hybridized carbons (Fsp3) is 0.0833. The van der Waals surface area contributed by atoms with E-state index >= 15 is 0 Å². The van der Waals surface area contributed by atoms with Crippen LogP contribution in [0.3, 0.4) is 0 Å². The Kier molecular flexibility index (Phi) is 2.84. The molecule has 0 spiro atoms. The quantitative estimate of drug-likeness (QED) is 0.690. The largest absolute Gasteiger partial charge is 0.255 e. The summed E-state index contributed by atoms with van der Waals surface area (Å²) in [7, 11) is 0. The van der Waals surface area contributed by atoms with Crippen LogP contribution in [0.5, 0.6) is 0 Å². The number of benzene rings is 1. The maximum Gasteiger partial charge on any atom is 0.0702 e. The van der Waals surface area contributed by atoms with E-state index in [1.165, 1.54) is 10.5 Å². The molecule has 1 heterocycles. The summed E-state index contributed by atoms with van der Waals surface area (Å²) < 4.78 is 0. The molecule has 1 nitrogen and oxygen atoms in total. The van der Waals surface area contributed by atoms with Crippen LogP contribution in [0.4, 0.5) is 0 Å². The van der Waals surface area contributed by atoms with Crippen LogP contribution in [0.15, 0.2) is 53.6 Å². The fourth-order valence-corrected chi connectivity index (χ4v) is 1.64. The van der Waals surface area contributed by atoms with Crippen LogP contribution in [0.2, 0.25) is 0 Å². The van der Waals surface area contributed by atoms with Gasteiger partial charge in [-0.1, -0.05) is 30.3 Å². The van der Waals surface area contributed by atoms with Crippen molar-refractivity contribution < 1.29 is 0 Å². The van der Waals surface area contributed by atoms with Gasteiger partial charge in [-0.15, -0.1) is 11.8 Å². The molecule has 0 aliphatic carbocycles. The summed E-state index contributed by atoms with van der Waals surface area (Å²) in [6, 6.07) is 14.4. The molecule has 0 saturated heterocycles. The normalized spacial score (nSPS) is 10.1. The first-order valence-corrected chi connectivity index (χ1v) is 5.68. The summed E-state index contributed by atoms with van der Waals surface area (Å²) in [6.45, 7) is 0. The third kappa shape index (κ3) is 1.96. The molecule has 1 aromatic heterocycles. The van der Waals surface area contributed by atoms with Crippen LogP contribution in [0.1, 0.15) is 0 Å². The van der Waals surface area contributed by atoms with E-state index in [9.17, 15) is 0 Å². The predicted octanol–water partition coefficient (Wildman–Crippen LogP) is 3.47. The molecule has 0 saturated carbocycles. The molecule has 0 aliphatic rings. The van der Waals surface area contributed by atoms with Gasteiger partial charge >= 0.3 is 0 Å². The highest BCUT2D eigenvalue weighted by atomic mass is 32.2. The van der Waals surface area contributed by atoms with E-state index < -0.39 is 0 Å². The van der Waals surface area contributed by atoms with Crippen molar-refractivity contribution in [3.8, 4) is 11.3 Å². The molecule has 14 heavy (non-hydrogen) atoms. The van der Waals surface area contributed by atoms with Crippen LogP contribution in [0.25, 0.3) is 11.3 Å². The molecule has 70 valence electrons. The summed E-state index contributed by atoms with van der Waals surface area (Å²) >= 11 is 1.71. The van der Waals surface area contributed by atoms with E-state index in [-0.39, 0.29) is 0 Å². The van der Waals surface area contributed by atoms with Crippen molar-refractivity contribution in [2.45, 2.75) is 4.90 Å². The van der Waals surface area contributed by atoms with Gasteiger partial charge in [-0.3, -0.25) is 4.98 Å². The molecule has 0 aliphatic heterocycles. The highest BCUT2D eigenvalue weighted by molar-refractivity contribution is 7.98. The third-order valence-electron chi connectivity index (χ3n) is 2.04. The Morgan fingerprint density at radius 3 is 2.36 bits per heavy atom. The second kappa shape index (κ2) is 4.29. The van der Waals surface area contributed by atoms with Crippen molar-refractivity contribution in [2.75, 3.05) is 6.26 Å². The van der Waals surface area contributed by atoms with Crippen LogP contribution >= 0.6 is 11.8 Å². The maximum atomic E-state index is 4.40. The van der Waals surface area contributed by atoms with Crippen molar-refractivity contribution in [1.82, 2.24) is 4.98 Å². The first kappa shape index (κ1) is 9.28. The lowest BCUT2D eigenvalue weighted by atomic mass is 10.1. The van der Waals surface area contributed by atoms with Crippen molar-refractivity contribution in [3.63, 3.8) is 0 Å². The fourth-order valence-electron chi connectivity index (χ4n) is 1.28. The first-order chi connectivity index (χ1) is 6.90. The van der Waals surface area contributed by atoms with Gasteiger partial charge in [-0.25, -0.2) is 0 Å². The summed E-state index contributed by atoms with van der Waals surface area (Å²) in [5, 5.41) is 0. The van der Waals surface area contributed by atoms with Crippen molar-refractivity contribution in [2.24, 2.45) is 0 Å². The Hall–Kier alpha value is -1.28. The van der Waals surface area contributed by atoms with Gasteiger partial charge in [0.05, 0.1) is 5.69 Å². The van der Waals surface area contributed by atoms with Crippen molar-refractivity contribution in [1.29, 1.82) is 0 Å². The van der Waals surface area contributed by atoms with E-state index in [1.807, 2.05) is 24.4 Å². The molecule has 2 heteroatoms. The van der Waals surface area contributed by atoms with Gasteiger partial charge in [-0.2, -0.15) is 0 Å². The number of hydrogen-bond donors (Lipinski definition) is 0. The van der Waals surface area contributed by atoms with Crippen LogP contribution < -0.4 is 0 Å². The molecule has 0 bridgehead atoms. The second-order valence-corrected chi connectivity index (χ2v) is 3.83. The van der Waals surface area contributed by atoms with Crippen molar-refractivity contribution >= 4 is 11.8 Å².